The lowest BCUT2D eigenvalue weighted by atomic mass is 10.1. The highest BCUT2D eigenvalue weighted by Gasteiger charge is 2.17. The van der Waals surface area contributed by atoms with Crippen LogP contribution in [0.5, 0.6) is 0 Å². The number of thioether (sulfide) groups is 1. The van der Waals surface area contributed by atoms with Gasteiger partial charge in [0, 0.05) is 28.3 Å². The summed E-state index contributed by atoms with van der Waals surface area (Å²) in [5.74, 6) is -0.0465. The normalized spacial score (nSPS) is 15.6. The fraction of sp³-hybridized carbons (Fsp3) is 0.148. The van der Waals surface area contributed by atoms with Crippen LogP contribution in [0.25, 0.3) is 22.3 Å². The molecular formula is C27H24N4OS2. The maximum atomic E-state index is 12.9. The number of aliphatic imine (C=N–C) groups is 1. The van der Waals surface area contributed by atoms with E-state index in [1.165, 1.54) is 0 Å². The van der Waals surface area contributed by atoms with E-state index in [1.807, 2.05) is 89.1 Å². The molecule has 0 saturated heterocycles. The van der Waals surface area contributed by atoms with Crippen LogP contribution in [-0.4, -0.2) is 32.5 Å². The molecule has 3 heterocycles. The molecule has 0 spiro atoms. The fourth-order valence-electron chi connectivity index (χ4n) is 3.63. The molecule has 1 N–H and O–H groups in total. The average molecular weight is 485 g/mol. The maximum Gasteiger partial charge on any atom is 0.185 e. The molecule has 5 rings (SSSR count). The van der Waals surface area contributed by atoms with E-state index >= 15 is 0 Å². The number of ketones is 1. The molecule has 0 radical (unpaired) electrons. The van der Waals surface area contributed by atoms with Crippen molar-refractivity contribution in [1.82, 2.24) is 9.78 Å². The zero-order valence-electron chi connectivity index (χ0n) is 18.7. The standard InChI is InChI=1S/C27H24N4OS2/c1-2-23-17-28-27(34-23)29-21-13-10-19(11-14-21)24(32)15-12-20-18-31(22-7-4-3-5-8-22)30-26(20)25-9-6-16-33-25/h3-16,18,23H,2,17H2,1H3,(H,28,29)/b15-12+/t23-/m1/s1. The summed E-state index contributed by atoms with van der Waals surface area (Å²) in [6.45, 7) is 3.04. The second-order valence-corrected chi connectivity index (χ2v) is 10.1. The van der Waals surface area contributed by atoms with Crippen molar-refractivity contribution < 1.29 is 4.79 Å². The third kappa shape index (κ3) is 5.05. The van der Waals surface area contributed by atoms with Crippen LogP contribution in [-0.2, 0) is 0 Å². The van der Waals surface area contributed by atoms with Gasteiger partial charge in [-0.05, 0) is 66.4 Å². The summed E-state index contributed by atoms with van der Waals surface area (Å²) >= 11 is 3.41. The molecule has 0 bridgehead atoms. The number of carbonyl (C=O) groups excluding carboxylic acids is 1. The van der Waals surface area contributed by atoms with Gasteiger partial charge in [-0.25, -0.2) is 4.68 Å². The summed E-state index contributed by atoms with van der Waals surface area (Å²) in [7, 11) is 0. The molecule has 0 unspecified atom stereocenters. The molecule has 5 nitrogen and oxygen atoms in total. The van der Waals surface area contributed by atoms with Crippen LogP contribution in [0.4, 0.5) is 5.69 Å². The SMILES string of the molecule is CC[C@@H]1CN=C(Nc2ccc(C(=O)/C=C/c3cn(-c4ccccc4)nc3-c3cccs3)cc2)S1. The third-order valence-corrected chi connectivity index (χ3v) is 7.67. The maximum absolute atomic E-state index is 12.9. The molecule has 2 aromatic heterocycles. The average Bonchev–Trinajstić information content (AvgIpc) is 3.64. The van der Waals surface area contributed by atoms with Crippen molar-refractivity contribution in [3.8, 4) is 16.3 Å². The van der Waals surface area contributed by atoms with Gasteiger partial charge in [0.2, 0.25) is 0 Å². The van der Waals surface area contributed by atoms with Gasteiger partial charge in [-0.2, -0.15) is 5.10 Å². The summed E-state index contributed by atoms with van der Waals surface area (Å²) in [5, 5.41) is 11.7. The molecule has 1 aliphatic rings. The van der Waals surface area contributed by atoms with Crippen molar-refractivity contribution >= 4 is 45.8 Å². The van der Waals surface area contributed by atoms with Gasteiger partial charge >= 0.3 is 0 Å². The highest BCUT2D eigenvalue weighted by molar-refractivity contribution is 8.15. The second kappa shape index (κ2) is 10.2. The van der Waals surface area contributed by atoms with Crippen molar-refractivity contribution in [1.29, 1.82) is 0 Å². The van der Waals surface area contributed by atoms with Crippen LogP contribution in [0.2, 0.25) is 0 Å². The smallest absolute Gasteiger partial charge is 0.185 e. The predicted octanol–water partition coefficient (Wildman–Crippen LogP) is 6.79. The summed E-state index contributed by atoms with van der Waals surface area (Å²) in [6, 6.07) is 21.6. The first-order chi connectivity index (χ1) is 16.7. The van der Waals surface area contributed by atoms with Crippen LogP contribution in [0, 0.1) is 0 Å². The number of benzene rings is 2. The molecule has 7 heteroatoms. The zero-order chi connectivity index (χ0) is 23.3. The molecule has 0 saturated carbocycles. The van der Waals surface area contributed by atoms with Gasteiger partial charge in [0.15, 0.2) is 11.0 Å². The monoisotopic (exact) mass is 484 g/mol. The Morgan fingerprint density at radius 3 is 2.65 bits per heavy atom. The molecule has 170 valence electrons. The van der Waals surface area contributed by atoms with Crippen molar-refractivity contribution in [2.24, 2.45) is 4.99 Å². The third-order valence-electron chi connectivity index (χ3n) is 5.52. The Balaban J connectivity index is 1.33. The number of nitrogens with zero attached hydrogens (tertiary/aromatic N) is 3. The Hall–Kier alpha value is -3.42. The van der Waals surface area contributed by atoms with Gasteiger partial charge in [0.05, 0.1) is 17.1 Å². The highest BCUT2D eigenvalue weighted by Crippen LogP contribution is 2.29. The van der Waals surface area contributed by atoms with Gasteiger partial charge < -0.3 is 5.32 Å². The highest BCUT2D eigenvalue weighted by atomic mass is 32.2. The first-order valence-electron chi connectivity index (χ1n) is 11.2. The van der Waals surface area contributed by atoms with E-state index in [9.17, 15) is 4.79 Å². The Labute approximate surface area is 207 Å². The molecule has 0 fully saturated rings. The van der Waals surface area contributed by atoms with E-state index in [0.29, 0.717) is 10.8 Å². The van der Waals surface area contributed by atoms with Gasteiger partial charge in [-0.1, -0.05) is 43.0 Å². The quantitative estimate of drug-likeness (QED) is 0.232. The number of anilines is 1. The van der Waals surface area contributed by atoms with Crippen LogP contribution >= 0.6 is 23.1 Å². The second-order valence-electron chi connectivity index (χ2n) is 7.88. The van der Waals surface area contributed by atoms with E-state index in [0.717, 1.165) is 45.6 Å². The van der Waals surface area contributed by atoms with Crippen molar-refractivity contribution in [3.63, 3.8) is 0 Å². The summed E-state index contributed by atoms with van der Waals surface area (Å²) in [6.07, 6.45) is 6.54. The van der Waals surface area contributed by atoms with Crippen LogP contribution < -0.4 is 5.32 Å². The number of amidine groups is 1. The summed E-state index contributed by atoms with van der Waals surface area (Å²) in [4.78, 5) is 18.5. The lowest BCUT2D eigenvalue weighted by molar-refractivity contribution is 0.104. The summed E-state index contributed by atoms with van der Waals surface area (Å²) in [5.41, 5.74) is 4.32. The van der Waals surface area contributed by atoms with Gasteiger partial charge in [0.25, 0.3) is 0 Å². The molecule has 1 aliphatic heterocycles. The first-order valence-corrected chi connectivity index (χ1v) is 12.9. The van der Waals surface area contributed by atoms with E-state index in [1.54, 1.807) is 29.2 Å². The largest absolute Gasteiger partial charge is 0.335 e. The minimum Gasteiger partial charge on any atom is -0.335 e. The number of hydrogen-bond donors (Lipinski definition) is 1. The van der Waals surface area contributed by atoms with Crippen molar-refractivity contribution in [2.45, 2.75) is 18.6 Å². The number of thiophene rings is 1. The number of hydrogen-bond acceptors (Lipinski definition) is 6. The number of allylic oxidation sites excluding steroid dienone is 1. The Morgan fingerprint density at radius 1 is 1.12 bits per heavy atom. The van der Waals surface area contributed by atoms with Crippen molar-refractivity contribution in [3.05, 3.63) is 95.5 Å². The minimum absolute atomic E-state index is 0.0465. The number of rotatable bonds is 7. The Kier molecular flexibility index (Phi) is 6.74. The number of nitrogens with one attached hydrogen (secondary N) is 1. The molecule has 4 aromatic rings. The van der Waals surface area contributed by atoms with E-state index in [4.69, 9.17) is 5.10 Å². The lowest BCUT2D eigenvalue weighted by Gasteiger charge is -2.07. The minimum atomic E-state index is -0.0465. The predicted molar refractivity (Wildman–Crippen MR) is 144 cm³/mol. The van der Waals surface area contributed by atoms with E-state index in [2.05, 4.69) is 17.2 Å². The molecule has 34 heavy (non-hydrogen) atoms. The topological polar surface area (TPSA) is 59.3 Å². The lowest BCUT2D eigenvalue weighted by Crippen LogP contribution is -2.07. The fourth-order valence-corrected chi connectivity index (χ4v) is 5.32. The van der Waals surface area contributed by atoms with Gasteiger partial charge in [-0.15, -0.1) is 11.3 Å². The van der Waals surface area contributed by atoms with E-state index in [-0.39, 0.29) is 5.78 Å². The number of carbonyl (C=O) groups is 1. The molecule has 0 aliphatic carbocycles. The first kappa shape index (κ1) is 22.4. The number of para-hydroxylation sites is 1. The molecule has 0 amide bonds. The molecule has 2 aromatic carbocycles. The van der Waals surface area contributed by atoms with Gasteiger partial charge in [-0.3, -0.25) is 9.79 Å². The van der Waals surface area contributed by atoms with E-state index < -0.39 is 0 Å². The van der Waals surface area contributed by atoms with Crippen LogP contribution in [0.15, 0.2) is 89.4 Å². The molecule has 1 atom stereocenters. The van der Waals surface area contributed by atoms with Gasteiger partial charge in [0.1, 0.15) is 5.69 Å². The van der Waals surface area contributed by atoms with Crippen LogP contribution in [0.3, 0.4) is 0 Å². The molecular weight excluding hydrogens is 460 g/mol. The Bertz CT molecular complexity index is 1320. The van der Waals surface area contributed by atoms with Crippen LogP contribution in [0.1, 0.15) is 29.3 Å². The summed E-state index contributed by atoms with van der Waals surface area (Å²) < 4.78 is 1.85. The number of aromatic nitrogens is 2. The van der Waals surface area contributed by atoms with Crippen molar-refractivity contribution in [2.75, 3.05) is 11.9 Å². The Morgan fingerprint density at radius 2 is 1.94 bits per heavy atom. The zero-order valence-corrected chi connectivity index (χ0v) is 20.4.